The molecule has 128 valence electrons. The van der Waals surface area contributed by atoms with Gasteiger partial charge in [-0.2, -0.15) is 0 Å². The van der Waals surface area contributed by atoms with Crippen LogP contribution in [0.3, 0.4) is 0 Å². The largest absolute Gasteiger partial charge is 0.394 e. The molecule has 1 fully saturated rings. The fourth-order valence-corrected chi connectivity index (χ4v) is 4.62. The Morgan fingerprint density at radius 3 is 2.79 bits per heavy atom. The second kappa shape index (κ2) is 6.64. The number of amides is 1. The third kappa shape index (κ3) is 3.36. The molecule has 0 aliphatic carbocycles. The summed E-state index contributed by atoms with van der Waals surface area (Å²) in [6.07, 6.45) is 1.70. The van der Waals surface area contributed by atoms with Crippen molar-refractivity contribution in [3.05, 3.63) is 42.0 Å². The van der Waals surface area contributed by atoms with Gasteiger partial charge in [-0.25, -0.2) is 13.6 Å². The second-order valence-electron chi connectivity index (χ2n) is 5.72. The zero-order chi connectivity index (χ0) is 17.3. The number of likely N-dealkylation sites (tertiary alicyclic amines) is 1. The zero-order valence-corrected chi connectivity index (χ0v) is 14.5. The highest BCUT2D eigenvalue weighted by Crippen LogP contribution is 2.31. The van der Waals surface area contributed by atoms with Crippen molar-refractivity contribution in [3.63, 3.8) is 0 Å². The summed E-state index contributed by atoms with van der Waals surface area (Å²) in [4.78, 5) is 15.1. The van der Waals surface area contributed by atoms with Crippen LogP contribution in [-0.2, 0) is 10.0 Å². The van der Waals surface area contributed by atoms with Gasteiger partial charge in [0.2, 0.25) is 10.0 Å². The van der Waals surface area contributed by atoms with E-state index in [1.54, 1.807) is 29.2 Å². The maximum absolute atomic E-state index is 12.7. The number of nitrogens with zero attached hydrogens (tertiary/aromatic N) is 1. The number of rotatable bonds is 4. The van der Waals surface area contributed by atoms with Crippen molar-refractivity contribution in [3.8, 4) is 10.4 Å². The Morgan fingerprint density at radius 2 is 2.12 bits per heavy atom. The quantitative estimate of drug-likeness (QED) is 0.859. The number of aliphatic hydroxyl groups is 1. The molecule has 0 unspecified atom stereocenters. The first-order valence-electron chi connectivity index (χ1n) is 7.55. The van der Waals surface area contributed by atoms with Crippen LogP contribution in [0.25, 0.3) is 10.4 Å². The van der Waals surface area contributed by atoms with Crippen LogP contribution in [0.15, 0.2) is 40.6 Å². The predicted octanol–water partition coefficient (Wildman–Crippen LogP) is 1.66. The molecule has 1 atom stereocenters. The molecule has 0 bridgehead atoms. The van der Waals surface area contributed by atoms with Crippen LogP contribution in [0.1, 0.15) is 23.2 Å². The van der Waals surface area contributed by atoms with Crippen LogP contribution in [-0.4, -0.2) is 43.5 Å². The van der Waals surface area contributed by atoms with Gasteiger partial charge in [0.05, 0.1) is 12.6 Å². The molecule has 2 aromatic rings. The van der Waals surface area contributed by atoms with Gasteiger partial charge in [0, 0.05) is 17.0 Å². The molecule has 1 aliphatic rings. The highest BCUT2D eigenvalue weighted by atomic mass is 32.2. The lowest BCUT2D eigenvalue weighted by molar-refractivity contribution is 0.0677. The van der Waals surface area contributed by atoms with Crippen LogP contribution in [0.5, 0.6) is 0 Å². The highest BCUT2D eigenvalue weighted by molar-refractivity contribution is 7.91. The summed E-state index contributed by atoms with van der Waals surface area (Å²) in [5.41, 5.74) is 1.29. The Bertz CT molecular complexity index is 860. The van der Waals surface area contributed by atoms with Gasteiger partial charge in [-0.15, -0.1) is 11.3 Å². The molecule has 1 saturated heterocycles. The van der Waals surface area contributed by atoms with E-state index in [0.717, 1.165) is 34.6 Å². The van der Waals surface area contributed by atoms with Crippen molar-refractivity contribution >= 4 is 27.3 Å². The third-order valence-electron chi connectivity index (χ3n) is 4.10. The van der Waals surface area contributed by atoms with Crippen LogP contribution < -0.4 is 5.14 Å². The normalized spacial score (nSPS) is 18.1. The van der Waals surface area contributed by atoms with Gasteiger partial charge in [-0.3, -0.25) is 4.79 Å². The SMILES string of the molecule is NS(=O)(=O)c1ccc(-c2cccc(C(=O)N3CCC[C@H]3CO)c2)s1. The molecular weight excluding hydrogens is 348 g/mol. The van der Waals surface area contributed by atoms with E-state index in [2.05, 4.69) is 0 Å². The molecule has 1 aromatic heterocycles. The Balaban J connectivity index is 1.89. The maximum atomic E-state index is 12.7. The summed E-state index contributed by atoms with van der Waals surface area (Å²) in [5.74, 6) is -0.114. The first-order valence-corrected chi connectivity index (χ1v) is 9.91. The summed E-state index contributed by atoms with van der Waals surface area (Å²) < 4.78 is 22.9. The van der Waals surface area contributed by atoms with Crippen LogP contribution in [0, 0.1) is 0 Å². The van der Waals surface area contributed by atoms with E-state index < -0.39 is 10.0 Å². The number of aliphatic hydroxyl groups excluding tert-OH is 1. The molecule has 0 radical (unpaired) electrons. The molecule has 3 N–H and O–H groups in total. The average molecular weight is 366 g/mol. The number of sulfonamides is 1. The molecule has 3 rings (SSSR count). The summed E-state index contributed by atoms with van der Waals surface area (Å²) in [6.45, 7) is 0.608. The smallest absolute Gasteiger partial charge is 0.254 e. The Morgan fingerprint density at radius 1 is 1.33 bits per heavy atom. The van der Waals surface area contributed by atoms with Crippen LogP contribution in [0.2, 0.25) is 0 Å². The highest BCUT2D eigenvalue weighted by Gasteiger charge is 2.28. The Kier molecular flexibility index (Phi) is 4.73. The van der Waals surface area contributed by atoms with E-state index in [-0.39, 0.29) is 22.8 Å². The first kappa shape index (κ1) is 17.1. The average Bonchev–Trinajstić information content (AvgIpc) is 3.22. The number of thiophene rings is 1. The van der Waals surface area contributed by atoms with Crippen molar-refractivity contribution < 1.29 is 18.3 Å². The van der Waals surface area contributed by atoms with Crippen molar-refractivity contribution in [1.29, 1.82) is 0 Å². The van der Waals surface area contributed by atoms with Crippen LogP contribution >= 0.6 is 11.3 Å². The minimum atomic E-state index is -3.72. The lowest BCUT2D eigenvalue weighted by Crippen LogP contribution is -2.37. The van der Waals surface area contributed by atoms with Gasteiger partial charge in [0.15, 0.2) is 0 Å². The second-order valence-corrected chi connectivity index (χ2v) is 8.59. The zero-order valence-electron chi connectivity index (χ0n) is 12.9. The molecule has 6 nitrogen and oxygen atoms in total. The lowest BCUT2D eigenvalue weighted by atomic mass is 10.1. The summed E-state index contributed by atoms with van der Waals surface area (Å²) in [6, 6.07) is 10.1. The molecular formula is C16H18N2O4S2. The monoisotopic (exact) mass is 366 g/mol. The number of benzene rings is 1. The molecule has 8 heteroatoms. The van der Waals surface area contributed by atoms with Crippen molar-refractivity contribution in [2.45, 2.75) is 23.1 Å². The van der Waals surface area contributed by atoms with Gasteiger partial charge in [-0.05, 0) is 42.7 Å². The Hall–Kier alpha value is -1.74. The van der Waals surface area contributed by atoms with E-state index >= 15 is 0 Å². The number of carbonyl (C=O) groups excluding carboxylic acids is 1. The fourth-order valence-electron chi connectivity index (χ4n) is 2.89. The molecule has 2 heterocycles. The van der Waals surface area contributed by atoms with E-state index in [4.69, 9.17) is 5.14 Å². The van der Waals surface area contributed by atoms with E-state index in [1.165, 1.54) is 6.07 Å². The van der Waals surface area contributed by atoms with Crippen molar-refractivity contribution in [1.82, 2.24) is 4.90 Å². The molecule has 1 aromatic carbocycles. The topological polar surface area (TPSA) is 101 Å². The van der Waals surface area contributed by atoms with E-state index in [1.807, 2.05) is 6.07 Å². The standard InChI is InChI=1S/C16H18N2O4S2/c17-24(21,22)15-7-6-14(23-15)11-3-1-4-12(9-11)16(20)18-8-2-5-13(18)10-19/h1,3-4,6-7,9,13,19H,2,5,8,10H2,(H2,17,21,22)/t13-/m0/s1. The third-order valence-corrected chi connectivity index (χ3v) is 6.68. The lowest BCUT2D eigenvalue weighted by Gasteiger charge is -2.23. The number of hydrogen-bond donors (Lipinski definition) is 2. The number of primary sulfonamides is 1. The van der Waals surface area contributed by atoms with Crippen molar-refractivity contribution in [2.24, 2.45) is 5.14 Å². The summed E-state index contributed by atoms with van der Waals surface area (Å²) in [5, 5.41) is 14.5. The minimum absolute atomic E-state index is 0.0337. The van der Waals surface area contributed by atoms with E-state index in [9.17, 15) is 18.3 Å². The molecule has 0 saturated carbocycles. The predicted molar refractivity (Wildman–Crippen MR) is 92.3 cm³/mol. The molecule has 1 aliphatic heterocycles. The van der Waals surface area contributed by atoms with Crippen molar-refractivity contribution in [2.75, 3.05) is 13.2 Å². The molecule has 24 heavy (non-hydrogen) atoms. The summed E-state index contributed by atoms with van der Waals surface area (Å²) in [7, 11) is -3.72. The number of nitrogens with two attached hydrogens (primary N) is 1. The number of carbonyl (C=O) groups is 1. The first-order chi connectivity index (χ1) is 11.4. The molecule has 1 amide bonds. The van der Waals surface area contributed by atoms with Gasteiger partial charge in [0.25, 0.3) is 5.91 Å². The summed E-state index contributed by atoms with van der Waals surface area (Å²) >= 11 is 1.07. The maximum Gasteiger partial charge on any atom is 0.254 e. The van der Waals surface area contributed by atoms with Gasteiger partial charge < -0.3 is 10.0 Å². The van der Waals surface area contributed by atoms with Gasteiger partial charge in [0.1, 0.15) is 4.21 Å². The Labute approximate surface area is 144 Å². The van der Waals surface area contributed by atoms with Gasteiger partial charge in [-0.1, -0.05) is 12.1 Å². The molecule has 0 spiro atoms. The fraction of sp³-hybridized carbons (Fsp3) is 0.312. The van der Waals surface area contributed by atoms with Gasteiger partial charge >= 0.3 is 0 Å². The van der Waals surface area contributed by atoms with E-state index in [0.29, 0.717) is 12.1 Å². The van der Waals surface area contributed by atoms with Crippen LogP contribution in [0.4, 0.5) is 0 Å². The minimum Gasteiger partial charge on any atom is -0.394 e. The number of hydrogen-bond acceptors (Lipinski definition) is 5.